The summed E-state index contributed by atoms with van der Waals surface area (Å²) in [7, 11) is 0. The third-order valence-electron chi connectivity index (χ3n) is 8.65. The van der Waals surface area contributed by atoms with Gasteiger partial charge < -0.3 is 19.6 Å². The van der Waals surface area contributed by atoms with Crippen molar-refractivity contribution in [3.05, 3.63) is 53.3 Å². The van der Waals surface area contributed by atoms with Crippen LogP contribution in [0.25, 0.3) is 11.1 Å². The van der Waals surface area contributed by atoms with Crippen molar-refractivity contribution < 1.29 is 23.9 Å². The molecule has 4 aliphatic rings. The zero-order valence-electron chi connectivity index (χ0n) is 22.2. The molecular formula is C30H36FN3O4. The van der Waals surface area contributed by atoms with E-state index in [9.17, 15) is 14.3 Å². The van der Waals surface area contributed by atoms with Crippen LogP contribution in [-0.2, 0) is 16.2 Å². The number of benzene rings is 2. The summed E-state index contributed by atoms with van der Waals surface area (Å²) in [5.41, 5.74) is 3.69. The molecule has 8 heteroatoms. The number of nitrogens with zero attached hydrogens (tertiary/aromatic N) is 3. The van der Waals surface area contributed by atoms with E-state index in [2.05, 4.69) is 27.1 Å². The van der Waals surface area contributed by atoms with Gasteiger partial charge in [0.05, 0.1) is 18.4 Å². The number of hydrogen-bond donors (Lipinski definition) is 1. The maximum atomic E-state index is 13.6. The Morgan fingerprint density at radius 1 is 1.18 bits per heavy atom. The van der Waals surface area contributed by atoms with Gasteiger partial charge in [0, 0.05) is 38.3 Å². The summed E-state index contributed by atoms with van der Waals surface area (Å²) >= 11 is 0. The summed E-state index contributed by atoms with van der Waals surface area (Å²) in [5, 5.41) is 13.9. The molecule has 1 N–H and O–H groups in total. The quantitative estimate of drug-likeness (QED) is 0.537. The Balaban J connectivity index is 1.12. The van der Waals surface area contributed by atoms with Crippen molar-refractivity contribution >= 4 is 11.8 Å². The minimum absolute atomic E-state index is 0.233. The second-order valence-corrected chi connectivity index (χ2v) is 11.7. The van der Waals surface area contributed by atoms with Gasteiger partial charge in [0.2, 0.25) is 0 Å². The van der Waals surface area contributed by atoms with Crippen LogP contribution in [-0.4, -0.2) is 65.1 Å². The van der Waals surface area contributed by atoms with E-state index < -0.39 is 11.4 Å². The lowest BCUT2D eigenvalue weighted by Crippen LogP contribution is -2.61. The van der Waals surface area contributed by atoms with E-state index in [1.54, 1.807) is 0 Å². The normalized spacial score (nSPS) is 22.1. The number of carboxylic acid groups (broad SMARTS) is 1. The average molecular weight is 522 g/mol. The van der Waals surface area contributed by atoms with Crippen LogP contribution in [0.3, 0.4) is 0 Å². The number of piperidine rings is 1. The molecule has 0 unspecified atom stereocenters. The number of halogens is 1. The monoisotopic (exact) mass is 521 g/mol. The number of carbonyl (C=O) groups is 1. The topological polar surface area (TPSA) is 74.6 Å². The minimum Gasteiger partial charge on any atom is -0.493 e. The molecule has 0 amide bonds. The molecule has 0 aromatic heterocycles. The van der Waals surface area contributed by atoms with E-state index in [0.717, 1.165) is 48.8 Å². The van der Waals surface area contributed by atoms with Gasteiger partial charge in [-0.1, -0.05) is 23.4 Å². The zero-order chi connectivity index (χ0) is 26.5. The highest BCUT2D eigenvalue weighted by Crippen LogP contribution is 2.48. The fourth-order valence-corrected chi connectivity index (χ4v) is 6.15. The SMILES string of the molecule is CCOc1cc(CN2CC3(CC(N4CCC(C)(C(=O)O)CC4)=NO3)C2)cc(C2CC2)c1-c1ccc(F)cc1. The fourth-order valence-electron chi connectivity index (χ4n) is 6.15. The summed E-state index contributed by atoms with van der Waals surface area (Å²) < 4.78 is 19.7. The third kappa shape index (κ3) is 4.75. The Morgan fingerprint density at radius 3 is 2.53 bits per heavy atom. The average Bonchev–Trinajstić information content (AvgIpc) is 3.63. The standard InChI is InChI=1S/C30H36FN3O4/c1-3-37-25-15-20(14-24(21-4-5-21)27(25)22-6-8-23(31)9-7-22)17-33-18-30(19-33)16-26(32-38-30)34-12-10-29(2,11-13-34)28(35)36/h6-9,14-15,21H,3-5,10-13,16-19H2,1-2H3,(H,35,36). The first-order valence-corrected chi connectivity index (χ1v) is 13.8. The van der Waals surface area contributed by atoms with Crippen LogP contribution in [0.1, 0.15) is 63.0 Å². The molecule has 0 atom stereocenters. The number of likely N-dealkylation sites (tertiary alicyclic amines) is 2. The van der Waals surface area contributed by atoms with Gasteiger partial charge in [-0.05, 0) is 80.3 Å². The molecule has 3 heterocycles. The maximum absolute atomic E-state index is 13.6. The smallest absolute Gasteiger partial charge is 0.309 e. The van der Waals surface area contributed by atoms with E-state index in [-0.39, 0.29) is 11.4 Å². The van der Waals surface area contributed by atoms with Gasteiger partial charge in [-0.2, -0.15) is 0 Å². The molecule has 2 aromatic carbocycles. The number of oxime groups is 1. The molecule has 3 fully saturated rings. The molecule has 6 rings (SSSR count). The number of aliphatic carboxylic acids is 1. The summed E-state index contributed by atoms with van der Waals surface area (Å²) in [6, 6.07) is 11.2. The van der Waals surface area contributed by atoms with Gasteiger partial charge in [-0.25, -0.2) is 4.39 Å². The maximum Gasteiger partial charge on any atom is 0.309 e. The van der Waals surface area contributed by atoms with Crippen LogP contribution in [0, 0.1) is 11.2 Å². The van der Waals surface area contributed by atoms with Crippen LogP contribution in [0.4, 0.5) is 4.39 Å². The van der Waals surface area contributed by atoms with Gasteiger partial charge >= 0.3 is 5.97 Å². The largest absolute Gasteiger partial charge is 0.493 e. The molecular weight excluding hydrogens is 485 g/mol. The summed E-state index contributed by atoms with van der Waals surface area (Å²) in [4.78, 5) is 22.1. The highest BCUT2D eigenvalue weighted by molar-refractivity contribution is 5.85. The van der Waals surface area contributed by atoms with Crippen molar-refractivity contribution in [2.24, 2.45) is 10.6 Å². The number of ether oxygens (including phenoxy) is 1. The van der Waals surface area contributed by atoms with Crippen LogP contribution in [0.5, 0.6) is 5.75 Å². The molecule has 7 nitrogen and oxygen atoms in total. The Bertz CT molecular complexity index is 1240. The third-order valence-corrected chi connectivity index (χ3v) is 8.65. The Kier molecular flexibility index (Phi) is 6.33. The van der Waals surface area contributed by atoms with E-state index in [0.29, 0.717) is 38.5 Å². The van der Waals surface area contributed by atoms with Crippen molar-refractivity contribution in [3.63, 3.8) is 0 Å². The van der Waals surface area contributed by atoms with Crippen LogP contribution in [0.15, 0.2) is 41.6 Å². The lowest BCUT2D eigenvalue weighted by atomic mass is 9.80. The number of amidine groups is 1. The van der Waals surface area contributed by atoms with E-state index >= 15 is 0 Å². The van der Waals surface area contributed by atoms with Gasteiger partial charge in [0.15, 0.2) is 5.60 Å². The highest BCUT2D eigenvalue weighted by atomic mass is 19.1. The van der Waals surface area contributed by atoms with E-state index in [4.69, 9.17) is 9.57 Å². The Morgan fingerprint density at radius 2 is 1.89 bits per heavy atom. The fraction of sp³-hybridized carbons (Fsp3) is 0.533. The van der Waals surface area contributed by atoms with Crippen LogP contribution in [0.2, 0.25) is 0 Å². The second-order valence-electron chi connectivity index (χ2n) is 11.7. The van der Waals surface area contributed by atoms with Crippen molar-refractivity contribution in [1.82, 2.24) is 9.80 Å². The predicted octanol–water partition coefficient (Wildman–Crippen LogP) is 5.24. The molecule has 1 saturated carbocycles. The minimum atomic E-state index is -0.712. The molecule has 3 aliphatic heterocycles. The Hall–Kier alpha value is -3.13. The van der Waals surface area contributed by atoms with Gasteiger partial charge in [-0.15, -0.1) is 0 Å². The van der Waals surface area contributed by atoms with Gasteiger partial charge in [-0.3, -0.25) is 9.69 Å². The number of rotatable bonds is 7. The predicted molar refractivity (Wildman–Crippen MR) is 143 cm³/mol. The van der Waals surface area contributed by atoms with E-state index in [1.807, 2.05) is 26.0 Å². The molecule has 1 spiro atoms. The van der Waals surface area contributed by atoms with Crippen molar-refractivity contribution in [3.8, 4) is 16.9 Å². The summed E-state index contributed by atoms with van der Waals surface area (Å²) in [6.45, 7) is 8.24. The molecule has 1 aliphatic carbocycles. The Labute approximate surface area is 223 Å². The molecule has 0 radical (unpaired) electrons. The molecule has 0 bridgehead atoms. The first-order valence-electron chi connectivity index (χ1n) is 13.8. The lowest BCUT2D eigenvalue weighted by Gasteiger charge is -2.45. The zero-order valence-corrected chi connectivity index (χ0v) is 22.2. The van der Waals surface area contributed by atoms with Crippen LogP contribution >= 0.6 is 0 Å². The van der Waals surface area contributed by atoms with Gasteiger partial charge in [0.25, 0.3) is 0 Å². The molecule has 38 heavy (non-hydrogen) atoms. The van der Waals surface area contributed by atoms with Crippen molar-refractivity contribution in [2.45, 2.75) is 64.0 Å². The number of hydrogen-bond acceptors (Lipinski definition) is 6. The second kappa shape index (κ2) is 9.56. The highest BCUT2D eigenvalue weighted by Gasteiger charge is 2.51. The molecule has 2 saturated heterocycles. The summed E-state index contributed by atoms with van der Waals surface area (Å²) in [6.07, 6.45) is 4.37. The molecule has 202 valence electrons. The van der Waals surface area contributed by atoms with Gasteiger partial charge in [0.1, 0.15) is 17.4 Å². The number of carboxylic acids is 1. The first kappa shape index (κ1) is 25.2. The van der Waals surface area contributed by atoms with Crippen LogP contribution < -0.4 is 4.74 Å². The molecule has 2 aromatic rings. The summed E-state index contributed by atoms with van der Waals surface area (Å²) in [5.74, 6) is 1.41. The van der Waals surface area contributed by atoms with Crippen molar-refractivity contribution in [1.29, 1.82) is 0 Å². The van der Waals surface area contributed by atoms with Crippen molar-refractivity contribution in [2.75, 3.05) is 32.8 Å². The van der Waals surface area contributed by atoms with E-state index in [1.165, 1.54) is 36.1 Å². The first-order chi connectivity index (χ1) is 18.3. The lowest BCUT2D eigenvalue weighted by molar-refractivity contribution is -0.150.